The maximum atomic E-state index is 11.2. The fourth-order valence-electron chi connectivity index (χ4n) is 1.20. The van der Waals surface area contributed by atoms with Crippen LogP contribution in [0.4, 0.5) is 5.82 Å². The Morgan fingerprint density at radius 3 is 2.94 bits per heavy atom. The SMILES string of the molecule is O=c1[nH]nc(NCCc2ncc[nH]2)c(=O)[nH]1. The number of anilines is 1. The largest absolute Gasteiger partial charge is 0.364 e. The molecule has 0 spiro atoms. The van der Waals surface area contributed by atoms with Crippen molar-refractivity contribution >= 4 is 5.82 Å². The van der Waals surface area contributed by atoms with Gasteiger partial charge >= 0.3 is 5.69 Å². The van der Waals surface area contributed by atoms with E-state index in [1.807, 2.05) is 0 Å². The molecular weight excluding hydrogens is 212 g/mol. The van der Waals surface area contributed by atoms with Crippen molar-refractivity contribution in [1.29, 1.82) is 0 Å². The average molecular weight is 222 g/mol. The lowest BCUT2D eigenvalue weighted by molar-refractivity contribution is 0.864. The summed E-state index contributed by atoms with van der Waals surface area (Å²) in [6.07, 6.45) is 4.01. The van der Waals surface area contributed by atoms with Crippen molar-refractivity contribution in [2.45, 2.75) is 6.42 Å². The highest BCUT2D eigenvalue weighted by atomic mass is 16.2. The zero-order valence-corrected chi connectivity index (χ0v) is 8.28. The summed E-state index contributed by atoms with van der Waals surface area (Å²) >= 11 is 0. The van der Waals surface area contributed by atoms with Crippen LogP contribution in [-0.4, -0.2) is 31.7 Å². The number of nitrogens with one attached hydrogen (secondary N) is 4. The molecule has 0 bridgehead atoms. The molecule has 0 fully saturated rings. The lowest BCUT2D eigenvalue weighted by Gasteiger charge is -2.01. The van der Waals surface area contributed by atoms with Gasteiger partial charge in [-0.05, 0) is 0 Å². The third-order valence-electron chi connectivity index (χ3n) is 1.92. The average Bonchev–Trinajstić information content (AvgIpc) is 2.74. The van der Waals surface area contributed by atoms with E-state index >= 15 is 0 Å². The molecule has 0 unspecified atom stereocenters. The first kappa shape index (κ1) is 10.1. The van der Waals surface area contributed by atoms with Crippen molar-refractivity contribution in [2.24, 2.45) is 0 Å². The van der Waals surface area contributed by atoms with Crippen LogP contribution in [0.5, 0.6) is 0 Å². The molecule has 8 nitrogen and oxygen atoms in total. The van der Waals surface area contributed by atoms with Crippen LogP contribution in [0.15, 0.2) is 22.0 Å². The number of H-pyrrole nitrogens is 3. The predicted molar refractivity (Wildman–Crippen MR) is 56.3 cm³/mol. The van der Waals surface area contributed by atoms with Crippen molar-refractivity contribution in [3.05, 3.63) is 39.1 Å². The summed E-state index contributed by atoms with van der Waals surface area (Å²) in [5.41, 5.74) is -1.16. The highest BCUT2D eigenvalue weighted by Crippen LogP contribution is 1.91. The minimum atomic E-state index is -0.624. The van der Waals surface area contributed by atoms with Crippen LogP contribution in [0, 0.1) is 0 Å². The van der Waals surface area contributed by atoms with Crippen LogP contribution < -0.4 is 16.6 Å². The molecule has 0 saturated carbocycles. The molecule has 0 atom stereocenters. The number of aromatic nitrogens is 5. The molecule has 0 radical (unpaired) electrons. The molecule has 0 amide bonds. The van der Waals surface area contributed by atoms with Gasteiger partial charge in [0, 0.05) is 25.4 Å². The second-order valence-corrected chi connectivity index (χ2v) is 3.07. The van der Waals surface area contributed by atoms with Crippen molar-refractivity contribution in [1.82, 2.24) is 25.1 Å². The summed E-state index contributed by atoms with van der Waals surface area (Å²) in [4.78, 5) is 30.9. The Morgan fingerprint density at radius 2 is 2.25 bits per heavy atom. The molecule has 0 saturated heterocycles. The lowest BCUT2D eigenvalue weighted by Crippen LogP contribution is -2.27. The minimum Gasteiger partial charge on any atom is -0.364 e. The molecule has 0 aliphatic heterocycles. The number of rotatable bonds is 4. The molecule has 4 N–H and O–H groups in total. The Morgan fingerprint density at radius 1 is 1.38 bits per heavy atom. The summed E-state index contributed by atoms with van der Waals surface area (Å²) < 4.78 is 0. The first-order chi connectivity index (χ1) is 7.75. The standard InChI is InChI=1S/C8H10N6O2/c15-7-6(13-14-8(16)12-7)11-2-1-5-9-3-4-10-5/h3-4H,1-2H2,(H,9,10)(H,11,13)(H2,12,14,15,16). The van der Waals surface area contributed by atoms with Crippen LogP contribution in [-0.2, 0) is 6.42 Å². The summed E-state index contributed by atoms with van der Waals surface area (Å²) in [5, 5.41) is 8.50. The van der Waals surface area contributed by atoms with E-state index in [2.05, 4.69) is 30.5 Å². The molecule has 2 heterocycles. The van der Waals surface area contributed by atoms with Gasteiger partial charge in [-0.3, -0.25) is 9.78 Å². The molecule has 84 valence electrons. The van der Waals surface area contributed by atoms with Crippen molar-refractivity contribution in [3.63, 3.8) is 0 Å². The van der Waals surface area contributed by atoms with E-state index in [0.717, 1.165) is 5.82 Å². The Hall–Kier alpha value is -2.38. The van der Waals surface area contributed by atoms with E-state index in [0.29, 0.717) is 13.0 Å². The predicted octanol–water partition coefficient (Wildman–Crippen LogP) is -1.16. The Bertz CT molecular complexity index is 554. The molecule has 8 heteroatoms. The highest BCUT2D eigenvalue weighted by molar-refractivity contribution is 5.28. The highest BCUT2D eigenvalue weighted by Gasteiger charge is 2.01. The van der Waals surface area contributed by atoms with Gasteiger partial charge in [0.05, 0.1) is 0 Å². The maximum absolute atomic E-state index is 11.2. The number of nitrogens with zero attached hydrogens (tertiary/aromatic N) is 2. The minimum absolute atomic E-state index is 0.0890. The van der Waals surface area contributed by atoms with E-state index < -0.39 is 11.2 Å². The first-order valence-corrected chi connectivity index (χ1v) is 4.67. The quantitative estimate of drug-likeness (QED) is 0.520. The van der Waals surface area contributed by atoms with Crippen molar-refractivity contribution < 1.29 is 0 Å². The second kappa shape index (κ2) is 4.43. The molecule has 0 aliphatic carbocycles. The Kier molecular flexibility index (Phi) is 2.81. The van der Waals surface area contributed by atoms with E-state index in [1.165, 1.54) is 0 Å². The van der Waals surface area contributed by atoms with Gasteiger partial charge in [0.1, 0.15) is 5.82 Å². The third kappa shape index (κ3) is 2.35. The number of hydrogen-bond donors (Lipinski definition) is 4. The van der Waals surface area contributed by atoms with Crippen LogP contribution in [0.25, 0.3) is 0 Å². The van der Waals surface area contributed by atoms with Crippen LogP contribution in [0.1, 0.15) is 5.82 Å². The van der Waals surface area contributed by atoms with Gasteiger partial charge in [-0.15, -0.1) is 5.10 Å². The zero-order valence-electron chi connectivity index (χ0n) is 8.28. The van der Waals surface area contributed by atoms with E-state index in [-0.39, 0.29) is 5.82 Å². The Balaban J connectivity index is 1.95. The maximum Gasteiger partial charge on any atom is 0.342 e. The Labute approximate surface area is 89.1 Å². The van der Waals surface area contributed by atoms with Gasteiger partial charge < -0.3 is 10.3 Å². The van der Waals surface area contributed by atoms with Gasteiger partial charge in [0.15, 0.2) is 0 Å². The van der Waals surface area contributed by atoms with Crippen molar-refractivity contribution in [3.8, 4) is 0 Å². The van der Waals surface area contributed by atoms with Crippen LogP contribution in [0.2, 0.25) is 0 Å². The molecule has 2 rings (SSSR count). The van der Waals surface area contributed by atoms with Gasteiger partial charge in [0.25, 0.3) is 5.56 Å². The summed E-state index contributed by atoms with van der Waals surface area (Å²) in [6, 6.07) is 0. The topological polar surface area (TPSA) is 119 Å². The zero-order chi connectivity index (χ0) is 11.4. The fraction of sp³-hybridized carbons (Fsp3) is 0.250. The summed E-state index contributed by atoms with van der Waals surface area (Å²) in [6.45, 7) is 0.496. The lowest BCUT2D eigenvalue weighted by atomic mass is 10.4. The monoisotopic (exact) mass is 222 g/mol. The molecule has 2 aromatic heterocycles. The first-order valence-electron chi connectivity index (χ1n) is 4.67. The number of imidazole rings is 1. The second-order valence-electron chi connectivity index (χ2n) is 3.07. The molecule has 2 aromatic rings. The third-order valence-corrected chi connectivity index (χ3v) is 1.92. The summed E-state index contributed by atoms with van der Waals surface area (Å²) in [5.74, 6) is 0.902. The van der Waals surface area contributed by atoms with Gasteiger partial charge in [-0.2, -0.15) is 0 Å². The van der Waals surface area contributed by atoms with E-state index in [1.54, 1.807) is 12.4 Å². The van der Waals surface area contributed by atoms with Crippen molar-refractivity contribution in [2.75, 3.05) is 11.9 Å². The molecule has 0 aromatic carbocycles. The molecular formula is C8H10N6O2. The fourth-order valence-corrected chi connectivity index (χ4v) is 1.20. The summed E-state index contributed by atoms with van der Waals surface area (Å²) in [7, 11) is 0. The van der Waals surface area contributed by atoms with Crippen LogP contribution in [0.3, 0.4) is 0 Å². The van der Waals surface area contributed by atoms with Gasteiger partial charge in [0.2, 0.25) is 5.82 Å². The van der Waals surface area contributed by atoms with Gasteiger partial charge in [-0.1, -0.05) is 0 Å². The number of hydrogen-bond acceptors (Lipinski definition) is 5. The molecule has 0 aliphatic rings. The van der Waals surface area contributed by atoms with E-state index in [4.69, 9.17) is 0 Å². The normalized spacial score (nSPS) is 10.2. The van der Waals surface area contributed by atoms with Gasteiger partial charge in [-0.25, -0.2) is 14.9 Å². The smallest absolute Gasteiger partial charge is 0.342 e. The van der Waals surface area contributed by atoms with Crippen LogP contribution >= 0.6 is 0 Å². The molecule has 16 heavy (non-hydrogen) atoms. The van der Waals surface area contributed by atoms with E-state index in [9.17, 15) is 9.59 Å². The number of aromatic amines is 3.